The first-order valence-corrected chi connectivity index (χ1v) is 10.1. The molecule has 1 aromatic carbocycles. The summed E-state index contributed by atoms with van der Waals surface area (Å²) in [6.07, 6.45) is 4.78. The van der Waals surface area contributed by atoms with Crippen LogP contribution in [-0.4, -0.2) is 54.0 Å². The minimum absolute atomic E-state index is 0.00872. The molecule has 1 saturated heterocycles. The summed E-state index contributed by atoms with van der Waals surface area (Å²) in [5.41, 5.74) is 1.56. The lowest BCUT2D eigenvalue weighted by atomic mass is 9.89. The Kier molecular flexibility index (Phi) is 6.92. The summed E-state index contributed by atoms with van der Waals surface area (Å²) < 4.78 is 10.7. The molecule has 1 atom stereocenters. The van der Waals surface area contributed by atoms with Crippen LogP contribution in [0.5, 0.6) is 17.2 Å². The molecule has 1 fully saturated rings. The Morgan fingerprint density at radius 2 is 1.87 bits per heavy atom. The third-order valence-corrected chi connectivity index (χ3v) is 5.54. The smallest absolute Gasteiger partial charge is 0.223 e. The fourth-order valence-electron chi connectivity index (χ4n) is 3.85. The molecule has 1 aliphatic rings. The molecule has 3 rings (SSSR count). The first-order chi connectivity index (χ1) is 14.4. The van der Waals surface area contributed by atoms with Gasteiger partial charge >= 0.3 is 0 Å². The highest BCUT2D eigenvalue weighted by Crippen LogP contribution is 2.42. The Balaban J connectivity index is 2.03. The first kappa shape index (κ1) is 21.6. The van der Waals surface area contributed by atoms with Gasteiger partial charge in [0.1, 0.15) is 17.2 Å². The predicted octanol–water partition coefficient (Wildman–Crippen LogP) is 3.54. The summed E-state index contributed by atoms with van der Waals surface area (Å²) in [4.78, 5) is 31.0. The number of methoxy groups -OCH3 is 2. The number of Topliss-reactive ketones (excluding diaryl/α,β-unsaturated/α-hetero) is 1. The fraction of sp³-hybridized carbons (Fsp3) is 0.435. The quantitative estimate of drug-likeness (QED) is 0.700. The number of carbonyl (C=O) groups excluding carboxylic acids is 2. The van der Waals surface area contributed by atoms with Crippen LogP contribution in [0.15, 0.2) is 30.5 Å². The van der Waals surface area contributed by atoms with Crippen molar-refractivity contribution in [2.45, 2.75) is 38.5 Å². The molecule has 1 aromatic heterocycles. The number of nitrogens with zero attached hydrogens (tertiary/aromatic N) is 2. The minimum Gasteiger partial charge on any atom is -0.507 e. The zero-order valence-electron chi connectivity index (χ0n) is 17.7. The maximum Gasteiger partial charge on any atom is 0.223 e. The largest absolute Gasteiger partial charge is 0.507 e. The van der Waals surface area contributed by atoms with Crippen molar-refractivity contribution in [3.05, 3.63) is 47.3 Å². The zero-order chi connectivity index (χ0) is 21.7. The number of hydrogen-bond acceptors (Lipinski definition) is 6. The van der Waals surface area contributed by atoms with E-state index in [1.807, 2.05) is 4.90 Å². The van der Waals surface area contributed by atoms with Crippen molar-refractivity contribution < 1.29 is 24.2 Å². The number of phenols is 1. The van der Waals surface area contributed by atoms with Crippen molar-refractivity contribution in [2.24, 2.45) is 0 Å². The second-order valence-corrected chi connectivity index (χ2v) is 7.49. The van der Waals surface area contributed by atoms with Gasteiger partial charge in [-0.3, -0.25) is 14.6 Å². The highest BCUT2D eigenvalue weighted by atomic mass is 16.5. The number of phenolic OH excluding ortho intramolecular Hbond substituents is 1. The third kappa shape index (κ3) is 4.72. The molecule has 7 heteroatoms. The van der Waals surface area contributed by atoms with E-state index in [0.717, 1.165) is 32.4 Å². The molecule has 7 nitrogen and oxygen atoms in total. The maximum absolute atomic E-state index is 13.1. The zero-order valence-corrected chi connectivity index (χ0v) is 17.7. The average molecular weight is 412 g/mol. The molecule has 0 spiro atoms. The minimum atomic E-state index is -0.527. The highest BCUT2D eigenvalue weighted by Gasteiger charge is 2.29. The number of ether oxygens (including phenoxy) is 2. The molecule has 0 saturated carbocycles. The number of ketones is 1. The fourth-order valence-corrected chi connectivity index (χ4v) is 3.85. The highest BCUT2D eigenvalue weighted by molar-refractivity contribution is 5.93. The van der Waals surface area contributed by atoms with Crippen LogP contribution < -0.4 is 9.47 Å². The summed E-state index contributed by atoms with van der Waals surface area (Å²) in [6.45, 7) is 2.97. The topological polar surface area (TPSA) is 89.0 Å². The lowest BCUT2D eigenvalue weighted by Crippen LogP contribution is -2.36. The molecule has 1 aliphatic heterocycles. The van der Waals surface area contributed by atoms with Crippen LogP contribution in [0.25, 0.3) is 0 Å². The van der Waals surface area contributed by atoms with Gasteiger partial charge in [-0.15, -0.1) is 0 Å². The molecular weight excluding hydrogens is 384 g/mol. The van der Waals surface area contributed by atoms with Gasteiger partial charge in [0.25, 0.3) is 0 Å². The Hall–Kier alpha value is -3.09. The Bertz CT molecular complexity index is 905. The molecule has 1 amide bonds. The van der Waals surface area contributed by atoms with Gasteiger partial charge in [-0.2, -0.15) is 0 Å². The van der Waals surface area contributed by atoms with Gasteiger partial charge in [-0.25, -0.2) is 0 Å². The lowest BCUT2D eigenvalue weighted by Gasteiger charge is -2.29. The molecule has 160 valence electrons. The van der Waals surface area contributed by atoms with Crippen molar-refractivity contribution in [1.82, 2.24) is 9.88 Å². The molecule has 0 aliphatic carbocycles. The van der Waals surface area contributed by atoms with Crippen LogP contribution in [0.4, 0.5) is 0 Å². The predicted molar refractivity (Wildman–Crippen MR) is 112 cm³/mol. The van der Waals surface area contributed by atoms with Crippen molar-refractivity contribution >= 4 is 11.7 Å². The summed E-state index contributed by atoms with van der Waals surface area (Å²) in [5, 5.41) is 10.8. The number of aromatic nitrogens is 1. The van der Waals surface area contributed by atoms with E-state index in [0.29, 0.717) is 28.3 Å². The number of pyridine rings is 1. The standard InChI is InChI=1S/C23H28N2O5/c1-15(26)16-7-8-19(24-14-16)18(13-22(28)25-9-5-4-6-10-25)23-20(27)11-17(29-2)12-21(23)30-3/h7-8,11-12,14,18,27H,4-6,9-10,13H2,1-3H3. The number of hydrogen-bond donors (Lipinski definition) is 1. The summed E-state index contributed by atoms with van der Waals surface area (Å²) in [6, 6.07) is 6.60. The molecule has 2 heterocycles. The Morgan fingerprint density at radius 3 is 2.43 bits per heavy atom. The molecule has 1 unspecified atom stereocenters. The van der Waals surface area contributed by atoms with Crippen LogP contribution >= 0.6 is 0 Å². The molecule has 30 heavy (non-hydrogen) atoms. The number of carbonyl (C=O) groups is 2. The van der Waals surface area contributed by atoms with Crippen molar-refractivity contribution in [1.29, 1.82) is 0 Å². The molecular formula is C23H28N2O5. The molecule has 1 N–H and O–H groups in total. The van der Waals surface area contributed by atoms with Crippen LogP contribution in [0, 0.1) is 0 Å². The molecule has 2 aromatic rings. The third-order valence-electron chi connectivity index (χ3n) is 5.54. The first-order valence-electron chi connectivity index (χ1n) is 10.1. The monoisotopic (exact) mass is 412 g/mol. The van der Waals surface area contributed by atoms with Gasteiger partial charge in [-0.05, 0) is 38.3 Å². The van der Waals surface area contributed by atoms with E-state index in [1.165, 1.54) is 33.4 Å². The van der Waals surface area contributed by atoms with E-state index < -0.39 is 5.92 Å². The van der Waals surface area contributed by atoms with Crippen molar-refractivity contribution in [2.75, 3.05) is 27.3 Å². The Morgan fingerprint density at radius 1 is 1.13 bits per heavy atom. The summed E-state index contributed by atoms with van der Waals surface area (Å²) in [5.74, 6) is 0.241. The molecule has 0 bridgehead atoms. The van der Waals surface area contributed by atoms with Crippen LogP contribution in [0.2, 0.25) is 0 Å². The van der Waals surface area contributed by atoms with E-state index in [4.69, 9.17) is 9.47 Å². The van der Waals surface area contributed by atoms with Crippen molar-refractivity contribution in [3.63, 3.8) is 0 Å². The number of rotatable bonds is 7. The van der Waals surface area contributed by atoms with Gasteiger partial charge < -0.3 is 19.5 Å². The van der Waals surface area contributed by atoms with Crippen LogP contribution in [0.3, 0.4) is 0 Å². The van der Waals surface area contributed by atoms with Gasteiger partial charge in [0.05, 0.1) is 14.2 Å². The second-order valence-electron chi connectivity index (χ2n) is 7.49. The number of benzene rings is 1. The second kappa shape index (κ2) is 9.61. The van der Waals surface area contributed by atoms with E-state index in [9.17, 15) is 14.7 Å². The van der Waals surface area contributed by atoms with Gasteiger partial charge in [0.2, 0.25) is 5.91 Å². The van der Waals surface area contributed by atoms with Crippen molar-refractivity contribution in [3.8, 4) is 17.2 Å². The average Bonchev–Trinajstić information content (AvgIpc) is 2.77. The van der Waals surface area contributed by atoms with Gasteiger partial charge in [0, 0.05) is 60.6 Å². The van der Waals surface area contributed by atoms with Crippen LogP contribution in [-0.2, 0) is 4.79 Å². The van der Waals surface area contributed by atoms with E-state index in [-0.39, 0.29) is 23.9 Å². The van der Waals surface area contributed by atoms with E-state index >= 15 is 0 Å². The van der Waals surface area contributed by atoms with Gasteiger partial charge in [-0.1, -0.05) is 0 Å². The maximum atomic E-state index is 13.1. The van der Waals surface area contributed by atoms with Crippen LogP contribution in [0.1, 0.15) is 60.1 Å². The van der Waals surface area contributed by atoms with Gasteiger partial charge in [0.15, 0.2) is 5.78 Å². The van der Waals surface area contributed by atoms with E-state index in [1.54, 1.807) is 18.2 Å². The summed E-state index contributed by atoms with van der Waals surface area (Å²) in [7, 11) is 3.01. The molecule has 0 radical (unpaired) electrons. The number of piperidine rings is 1. The number of aromatic hydroxyl groups is 1. The normalized spacial score (nSPS) is 14.8. The SMILES string of the molecule is COc1cc(O)c(C(CC(=O)N2CCCCC2)c2ccc(C(C)=O)cn2)c(OC)c1. The number of amides is 1. The summed E-state index contributed by atoms with van der Waals surface area (Å²) >= 11 is 0. The number of likely N-dealkylation sites (tertiary alicyclic amines) is 1. The lowest BCUT2D eigenvalue weighted by molar-refractivity contribution is -0.132. The Labute approximate surface area is 176 Å². The van der Waals surface area contributed by atoms with E-state index in [2.05, 4.69) is 4.98 Å².